The lowest BCUT2D eigenvalue weighted by atomic mass is 10.1. The maximum atomic E-state index is 12.1. The SMILES string of the molecule is C=C/C=N\C(=C)CC(=C)Nc1nnc(CCCCc2ccc(NC(=O)C/C(C)=C/C(=C)C)nn2)s1. The van der Waals surface area contributed by atoms with Crippen molar-refractivity contribution < 1.29 is 4.79 Å². The quantitative estimate of drug-likeness (QED) is 0.184. The summed E-state index contributed by atoms with van der Waals surface area (Å²) in [6, 6.07) is 3.68. The van der Waals surface area contributed by atoms with Crippen molar-refractivity contribution in [2.75, 3.05) is 10.6 Å². The highest BCUT2D eigenvalue weighted by Crippen LogP contribution is 2.20. The maximum absolute atomic E-state index is 12.1. The van der Waals surface area contributed by atoms with Crippen molar-refractivity contribution in [3.8, 4) is 0 Å². The van der Waals surface area contributed by atoms with Gasteiger partial charge in [-0.05, 0) is 45.2 Å². The summed E-state index contributed by atoms with van der Waals surface area (Å²) in [6.07, 6.45) is 9.45. The maximum Gasteiger partial charge on any atom is 0.229 e. The third-order valence-corrected chi connectivity index (χ3v) is 5.42. The van der Waals surface area contributed by atoms with E-state index in [1.54, 1.807) is 18.4 Å². The minimum Gasteiger partial charge on any atom is -0.334 e. The van der Waals surface area contributed by atoms with Crippen LogP contribution < -0.4 is 10.6 Å². The van der Waals surface area contributed by atoms with Crippen LogP contribution in [0.3, 0.4) is 0 Å². The summed E-state index contributed by atoms with van der Waals surface area (Å²) in [5.74, 6) is 0.330. The van der Waals surface area contributed by atoms with Gasteiger partial charge >= 0.3 is 0 Å². The first-order chi connectivity index (χ1) is 16.7. The average molecular weight is 492 g/mol. The van der Waals surface area contributed by atoms with E-state index in [2.05, 4.69) is 62.3 Å². The minimum atomic E-state index is -0.123. The normalized spacial score (nSPS) is 11.3. The molecule has 0 aromatic carbocycles. The predicted molar refractivity (Wildman–Crippen MR) is 146 cm³/mol. The molecule has 2 rings (SSSR count). The first-order valence-electron chi connectivity index (χ1n) is 11.3. The van der Waals surface area contributed by atoms with Crippen LogP contribution in [0.5, 0.6) is 0 Å². The molecule has 0 bridgehead atoms. The van der Waals surface area contributed by atoms with E-state index in [-0.39, 0.29) is 5.91 Å². The first-order valence-corrected chi connectivity index (χ1v) is 12.1. The van der Waals surface area contributed by atoms with Gasteiger partial charge in [0.25, 0.3) is 0 Å². The minimum absolute atomic E-state index is 0.123. The van der Waals surface area contributed by atoms with Crippen molar-refractivity contribution in [2.24, 2.45) is 4.99 Å². The van der Waals surface area contributed by atoms with E-state index in [0.717, 1.165) is 53.2 Å². The Hall–Kier alpha value is -3.72. The van der Waals surface area contributed by atoms with E-state index in [9.17, 15) is 4.79 Å². The van der Waals surface area contributed by atoms with Crippen molar-refractivity contribution in [3.05, 3.63) is 83.8 Å². The fourth-order valence-corrected chi connectivity index (χ4v) is 3.93. The summed E-state index contributed by atoms with van der Waals surface area (Å²) in [4.78, 5) is 16.2. The smallest absolute Gasteiger partial charge is 0.229 e. The van der Waals surface area contributed by atoms with Crippen molar-refractivity contribution in [2.45, 2.75) is 52.4 Å². The monoisotopic (exact) mass is 491 g/mol. The van der Waals surface area contributed by atoms with E-state index >= 15 is 0 Å². The number of aliphatic imine (C=N–C) groups is 1. The topological polar surface area (TPSA) is 105 Å². The third kappa shape index (κ3) is 11.3. The zero-order valence-electron chi connectivity index (χ0n) is 20.5. The molecule has 2 heterocycles. The zero-order valence-corrected chi connectivity index (χ0v) is 21.3. The molecule has 8 nitrogen and oxygen atoms in total. The summed E-state index contributed by atoms with van der Waals surface area (Å²) in [5.41, 5.74) is 4.20. The van der Waals surface area contributed by atoms with Crippen LogP contribution >= 0.6 is 11.3 Å². The Kier molecular flexibility index (Phi) is 11.4. The molecule has 184 valence electrons. The van der Waals surface area contributed by atoms with Gasteiger partial charge in [0.1, 0.15) is 5.01 Å². The van der Waals surface area contributed by atoms with E-state index < -0.39 is 0 Å². The Labute approximate surface area is 211 Å². The number of rotatable bonds is 15. The lowest BCUT2D eigenvalue weighted by Gasteiger charge is -2.05. The Morgan fingerprint density at radius 1 is 1.03 bits per heavy atom. The molecule has 0 fully saturated rings. The van der Waals surface area contributed by atoms with Gasteiger partial charge in [-0.3, -0.25) is 9.79 Å². The van der Waals surface area contributed by atoms with E-state index in [4.69, 9.17) is 0 Å². The number of carbonyl (C=O) groups excluding carboxylic acids is 1. The molecule has 2 aromatic rings. The van der Waals surface area contributed by atoms with Crippen LogP contribution in [0.1, 0.15) is 50.2 Å². The van der Waals surface area contributed by atoms with Crippen LogP contribution in [0, 0.1) is 0 Å². The number of unbranched alkanes of at least 4 members (excludes halogenated alkanes) is 1. The van der Waals surface area contributed by atoms with E-state index in [1.165, 1.54) is 11.3 Å². The molecule has 0 aliphatic heterocycles. The van der Waals surface area contributed by atoms with Gasteiger partial charge in [-0.2, -0.15) is 5.10 Å². The second-order valence-electron chi connectivity index (χ2n) is 8.17. The molecule has 2 N–H and O–H groups in total. The molecule has 0 atom stereocenters. The number of amides is 1. The summed E-state index contributed by atoms with van der Waals surface area (Å²) >= 11 is 1.51. The number of aryl methyl sites for hydroxylation is 2. The third-order valence-electron chi connectivity index (χ3n) is 4.52. The second-order valence-corrected chi connectivity index (χ2v) is 9.23. The van der Waals surface area contributed by atoms with Gasteiger partial charge in [0.15, 0.2) is 5.82 Å². The van der Waals surface area contributed by atoms with Gasteiger partial charge in [-0.15, -0.1) is 15.3 Å². The van der Waals surface area contributed by atoms with Crippen LogP contribution in [0.2, 0.25) is 0 Å². The molecule has 0 aliphatic carbocycles. The Balaban J connectivity index is 1.70. The second kappa shape index (κ2) is 14.5. The van der Waals surface area contributed by atoms with Crippen molar-refractivity contribution in [1.82, 2.24) is 20.4 Å². The molecule has 0 saturated heterocycles. The van der Waals surface area contributed by atoms with Crippen LogP contribution in [0.4, 0.5) is 10.9 Å². The Morgan fingerprint density at radius 2 is 1.80 bits per heavy atom. The number of aromatic nitrogens is 4. The highest BCUT2D eigenvalue weighted by molar-refractivity contribution is 7.15. The molecule has 9 heteroatoms. The van der Waals surface area contributed by atoms with Crippen LogP contribution in [-0.4, -0.2) is 32.5 Å². The summed E-state index contributed by atoms with van der Waals surface area (Å²) in [7, 11) is 0. The van der Waals surface area contributed by atoms with Gasteiger partial charge in [-0.1, -0.05) is 61.0 Å². The number of nitrogens with one attached hydrogen (secondary N) is 2. The largest absolute Gasteiger partial charge is 0.334 e. The lowest BCUT2D eigenvalue weighted by Crippen LogP contribution is -2.13. The summed E-state index contributed by atoms with van der Waals surface area (Å²) in [5, 5.41) is 24.4. The summed E-state index contributed by atoms with van der Waals surface area (Å²) < 4.78 is 0. The number of hydrogen-bond acceptors (Lipinski definition) is 8. The number of allylic oxidation sites excluding steroid dienone is 3. The highest BCUT2D eigenvalue weighted by Gasteiger charge is 2.08. The highest BCUT2D eigenvalue weighted by atomic mass is 32.1. The van der Waals surface area contributed by atoms with Gasteiger partial charge in [0.2, 0.25) is 11.0 Å². The Morgan fingerprint density at radius 3 is 2.49 bits per heavy atom. The van der Waals surface area contributed by atoms with Crippen LogP contribution in [-0.2, 0) is 17.6 Å². The van der Waals surface area contributed by atoms with Crippen LogP contribution in [0.15, 0.2) is 78.1 Å². The van der Waals surface area contributed by atoms with E-state index in [1.807, 2.05) is 26.0 Å². The number of carbonyl (C=O) groups is 1. The predicted octanol–water partition coefficient (Wildman–Crippen LogP) is 5.83. The standard InChI is InChI=1S/C26H33N7OS/c1-7-14-27-20(5)17-21(6)28-26-33-32-25(35-26)11-9-8-10-22-12-13-23(31-30-22)29-24(34)16-19(4)15-18(2)3/h7,12-15H,1-2,5-6,8-11,16-17H2,3-4H3,(H,28,33)(H,29,31,34)/b19-15+,27-14-. The van der Waals surface area contributed by atoms with Crippen molar-refractivity contribution >= 4 is 34.4 Å². The Bertz CT molecular complexity index is 1110. The molecule has 1 amide bonds. The molecular formula is C26H33N7OS. The van der Waals surface area contributed by atoms with E-state index in [0.29, 0.717) is 29.5 Å². The first kappa shape index (κ1) is 27.5. The summed E-state index contributed by atoms with van der Waals surface area (Å²) in [6.45, 7) is 19.1. The molecule has 0 aliphatic rings. The molecule has 0 unspecified atom stereocenters. The molecular weight excluding hydrogens is 458 g/mol. The van der Waals surface area contributed by atoms with Gasteiger partial charge in [-0.25, -0.2) is 0 Å². The van der Waals surface area contributed by atoms with Gasteiger partial charge < -0.3 is 10.6 Å². The zero-order chi connectivity index (χ0) is 25.6. The number of nitrogens with zero attached hydrogens (tertiary/aromatic N) is 5. The molecule has 35 heavy (non-hydrogen) atoms. The van der Waals surface area contributed by atoms with Gasteiger partial charge in [0, 0.05) is 36.9 Å². The lowest BCUT2D eigenvalue weighted by molar-refractivity contribution is -0.115. The van der Waals surface area contributed by atoms with Gasteiger partial charge in [0.05, 0.1) is 5.69 Å². The van der Waals surface area contributed by atoms with Crippen molar-refractivity contribution in [3.63, 3.8) is 0 Å². The molecule has 2 aromatic heterocycles. The van der Waals surface area contributed by atoms with Crippen molar-refractivity contribution in [1.29, 1.82) is 0 Å². The van der Waals surface area contributed by atoms with Crippen LogP contribution in [0.25, 0.3) is 0 Å². The number of anilines is 2. The fraction of sp³-hybridized carbons (Fsp3) is 0.308. The number of hydrogen-bond donors (Lipinski definition) is 2. The molecule has 0 spiro atoms. The average Bonchev–Trinajstić information content (AvgIpc) is 3.22. The fourth-order valence-electron chi connectivity index (χ4n) is 3.10. The molecule has 0 radical (unpaired) electrons. The molecule has 0 saturated carbocycles.